The van der Waals surface area contributed by atoms with E-state index in [2.05, 4.69) is 24.8 Å². The van der Waals surface area contributed by atoms with E-state index in [0.717, 1.165) is 35.3 Å². The fourth-order valence-corrected chi connectivity index (χ4v) is 3.56. The van der Waals surface area contributed by atoms with Crippen LogP contribution in [0.4, 0.5) is 19.0 Å². The third-order valence-corrected chi connectivity index (χ3v) is 5.50. The number of carbonyl (C=O) groups is 1. The first-order valence-corrected chi connectivity index (χ1v) is 10.1. The molecule has 0 N–H and O–H groups in total. The van der Waals surface area contributed by atoms with Gasteiger partial charge in [0.2, 0.25) is 0 Å². The van der Waals surface area contributed by atoms with Crippen LogP contribution in [0.25, 0.3) is 5.82 Å². The van der Waals surface area contributed by atoms with E-state index in [9.17, 15) is 18.0 Å². The van der Waals surface area contributed by atoms with E-state index in [1.165, 1.54) is 6.07 Å². The second kappa shape index (κ2) is 8.21. The minimum Gasteiger partial charge on any atom is -0.353 e. The van der Waals surface area contributed by atoms with Crippen LogP contribution in [-0.4, -0.2) is 61.5 Å². The van der Waals surface area contributed by atoms with Crippen LogP contribution in [0.15, 0.2) is 30.7 Å². The first-order chi connectivity index (χ1) is 15.1. The predicted molar refractivity (Wildman–Crippen MR) is 111 cm³/mol. The molecule has 0 radical (unpaired) electrons. The average molecular weight is 445 g/mol. The molecule has 3 aromatic rings. The van der Waals surface area contributed by atoms with Crippen LogP contribution in [-0.2, 0) is 6.18 Å². The van der Waals surface area contributed by atoms with Crippen molar-refractivity contribution in [3.63, 3.8) is 0 Å². The molecule has 0 unspecified atom stereocenters. The zero-order valence-corrected chi connectivity index (χ0v) is 17.9. The van der Waals surface area contributed by atoms with E-state index in [4.69, 9.17) is 0 Å². The monoisotopic (exact) mass is 445 g/mol. The molecule has 4 heterocycles. The Balaban J connectivity index is 1.46. The molecule has 0 aliphatic carbocycles. The molecule has 1 aliphatic rings. The normalized spacial score (nSPS) is 14.7. The molecule has 1 aliphatic heterocycles. The number of imidazole rings is 1. The summed E-state index contributed by atoms with van der Waals surface area (Å²) < 4.78 is 40.0. The zero-order valence-electron chi connectivity index (χ0n) is 17.9. The molecule has 11 heteroatoms. The minimum atomic E-state index is -4.53. The highest BCUT2D eigenvalue weighted by Crippen LogP contribution is 2.27. The SMILES string of the molecule is Cc1nc(N2CCN(C(=O)c3ccc(C(F)(F)F)nc3)CC2)cc(-n2cnc(C)c2C)n1. The van der Waals surface area contributed by atoms with Crippen molar-refractivity contribution in [3.8, 4) is 5.82 Å². The van der Waals surface area contributed by atoms with E-state index in [1.54, 1.807) is 11.2 Å². The molecule has 1 saturated heterocycles. The molecular formula is C21H22F3N7O. The van der Waals surface area contributed by atoms with Crippen LogP contribution in [0.2, 0.25) is 0 Å². The van der Waals surface area contributed by atoms with E-state index in [1.807, 2.05) is 31.4 Å². The third kappa shape index (κ3) is 4.27. The number of rotatable bonds is 3. The van der Waals surface area contributed by atoms with Gasteiger partial charge in [-0.1, -0.05) is 0 Å². The zero-order chi connectivity index (χ0) is 23.0. The Morgan fingerprint density at radius 2 is 1.66 bits per heavy atom. The molecule has 0 spiro atoms. The molecule has 1 fully saturated rings. The number of aromatic nitrogens is 5. The van der Waals surface area contributed by atoms with E-state index in [-0.39, 0.29) is 11.5 Å². The quantitative estimate of drug-likeness (QED) is 0.617. The maximum atomic E-state index is 12.7. The summed E-state index contributed by atoms with van der Waals surface area (Å²) in [5.74, 6) is 1.76. The van der Waals surface area contributed by atoms with Crippen LogP contribution < -0.4 is 4.90 Å². The van der Waals surface area contributed by atoms with Crippen molar-refractivity contribution in [1.29, 1.82) is 0 Å². The van der Waals surface area contributed by atoms with Gasteiger partial charge in [0, 0.05) is 44.1 Å². The summed E-state index contributed by atoms with van der Waals surface area (Å²) in [6.45, 7) is 7.64. The number of piperazine rings is 1. The average Bonchev–Trinajstić information content (AvgIpc) is 3.11. The highest BCUT2D eigenvalue weighted by atomic mass is 19.4. The molecular weight excluding hydrogens is 423 g/mol. The number of halogens is 3. The van der Waals surface area contributed by atoms with Crippen LogP contribution in [0.1, 0.15) is 33.3 Å². The van der Waals surface area contributed by atoms with Gasteiger partial charge in [0.1, 0.15) is 29.5 Å². The summed E-state index contributed by atoms with van der Waals surface area (Å²) in [6.07, 6.45) is -1.83. The van der Waals surface area contributed by atoms with Crippen molar-refractivity contribution in [2.75, 3.05) is 31.1 Å². The summed E-state index contributed by atoms with van der Waals surface area (Å²) >= 11 is 0. The number of hydrogen-bond acceptors (Lipinski definition) is 6. The van der Waals surface area contributed by atoms with Gasteiger partial charge in [0.25, 0.3) is 5.91 Å². The van der Waals surface area contributed by atoms with Gasteiger partial charge in [-0.05, 0) is 32.9 Å². The van der Waals surface area contributed by atoms with Crippen molar-refractivity contribution < 1.29 is 18.0 Å². The Bertz CT molecular complexity index is 1130. The van der Waals surface area contributed by atoms with Gasteiger partial charge in [-0.3, -0.25) is 14.3 Å². The van der Waals surface area contributed by atoms with Crippen LogP contribution in [0.3, 0.4) is 0 Å². The number of aryl methyl sites for hydroxylation is 2. The van der Waals surface area contributed by atoms with Gasteiger partial charge in [-0.2, -0.15) is 13.2 Å². The van der Waals surface area contributed by atoms with Crippen LogP contribution in [0.5, 0.6) is 0 Å². The molecule has 168 valence electrons. The van der Waals surface area contributed by atoms with Gasteiger partial charge in [-0.15, -0.1) is 0 Å². The van der Waals surface area contributed by atoms with Crippen molar-refractivity contribution in [2.45, 2.75) is 26.9 Å². The first-order valence-electron chi connectivity index (χ1n) is 10.1. The Morgan fingerprint density at radius 3 is 2.22 bits per heavy atom. The number of hydrogen-bond donors (Lipinski definition) is 0. The van der Waals surface area contributed by atoms with Gasteiger partial charge in [0.15, 0.2) is 0 Å². The molecule has 0 bridgehead atoms. The second-order valence-corrected chi connectivity index (χ2v) is 7.63. The first kappa shape index (κ1) is 21.7. The standard InChI is InChI=1S/C21H22F3N7O/c1-13-14(2)31(12-26-13)19-10-18(27-15(3)28-19)29-6-8-30(9-7-29)20(32)16-4-5-17(25-11-16)21(22,23)24/h4-5,10-12H,6-9H2,1-3H3. The van der Waals surface area contributed by atoms with Crippen molar-refractivity contribution in [3.05, 3.63) is 59.2 Å². The van der Waals surface area contributed by atoms with Crippen molar-refractivity contribution in [1.82, 2.24) is 29.4 Å². The number of anilines is 1. The van der Waals surface area contributed by atoms with E-state index in [0.29, 0.717) is 32.0 Å². The molecule has 4 rings (SSSR count). The Labute approximate surface area is 182 Å². The van der Waals surface area contributed by atoms with Crippen LogP contribution >= 0.6 is 0 Å². The summed E-state index contributed by atoms with van der Waals surface area (Å²) in [7, 11) is 0. The van der Waals surface area contributed by atoms with Gasteiger partial charge < -0.3 is 9.80 Å². The largest absolute Gasteiger partial charge is 0.433 e. The van der Waals surface area contributed by atoms with Gasteiger partial charge in [-0.25, -0.2) is 15.0 Å². The Kier molecular flexibility index (Phi) is 5.57. The Hall–Kier alpha value is -3.50. The number of pyridine rings is 1. The van der Waals surface area contributed by atoms with Gasteiger partial charge >= 0.3 is 6.18 Å². The second-order valence-electron chi connectivity index (χ2n) is 7.63. The van der Waals surface area contributed by atoms with Crippen molar-refractivity contribution >= 4 is 11.7 Å². The predicted octanol–water partition coefficient (Wildman–Crippen LogP) is 2.96. The molecule has 3 aromatic heterocycles. The summed E-state index contributed by atoms with van der Waals surface area (Å²) in [4.78, 5) is 33.1. The summed E-state index contributed by atoms with van der Waals surface area (Å²) in [6, 6.07) is 3.88. The Morgan fingerprint density at radius 1 is 0.969 bits per heavy atom. The van der Waals surface area contributed by atoms with E-state index >= 15 is 0 Å². The molecule has 1 amide bonds. The molecule has 0 atom stereocenters. The lowest BCUT2D eigenvalue weighted by atomic mass is 10.2. The smallest absolute Gasteiger partial charge is 0.353 e. The fraction of sp³-hybridized carbons (Fsp3) is 0.381. The number of carbonyl (C=O) groups excluding carboxylic acids is 1. The molecule has 0 aromatic carbocycles. The van der Waals surface area contributed by atoms with E-state index < -0.39 is 11.9 Å². The summed E-state index contributed by atoms with van der Waals surface area (Å²) in [5.41, 5.74) is 1.04. The highest BCUT2D eigenvalue weighted by Gasteiger charge is 2.32. The fourth-order valence-electron chi connectivity index (χ4n) is 3.56. The summed E-state index contributed by atoms with van der Waals surface area (Å²) in [5, 5.41) is 0. The third-order valence-electron chi connectivity index (χ3n) is 5.50. The topological polar surface area (TPSA) is 80.0 Å². The number of alkyl halides is 3. The lowest BCUT2D eigenvalue weighted by Gasteiger charge is -2.35. The molecule has 0 saturated carbocycles. The molecule has 32 heavy (non-hydrogen) atoms. The number of nitrogens with zero attached hydrogens (tertiary/aromatic N) is 7. The molecule has 8 nitrogen and oxygen atoms in total. The maximum absolute atomic E-state index is 12.7. The lowest BCUT2D eigenvalue weighted by Crippen LogP contribution is -2.49. The maximum Gasteiger partial charge on any atom is 0.433 e. The van der Waals surface area contributed by atoms with Crippen molar-refractivity contribution in [2.24, 2.45) is 0 Å². The van der Waals surface area contributed by atoms with Gasteiger partial charge in [0.05, 0.1) is 11.3 Å². The van der Waals surface area contributed by atoms with Crippen LogP contribution in [0, 0.1) is 20.8 Å². The lowest BCUT2D eigenvalue weighted by molar-refractivity contribution is -0.141. The minimum absolute atomic E-state index is 0.137. The highest BCUT2D eigenvalue weighted by molar-refractivity contribution is 5.94. The number of amides is 1.